The number of rotatable bonds is 4. The quantitative estimate of drug-likeness (QED) is 0.408. The van der Waals surface area contributed by atoms with E-state index in [-0.39, 0.29) is 11.1 Å². The first kappa shape index (κ1) is 23.2. The largest absolute Gasteiger partial charge is 0.459 e. The first-order chi connectivity index (χ1) is 16.0. The number of aromatic nitrogens is 1. The predicted octanol–water partition coefficient (Wildman–Crippen LogP) is 6.40. The highest BCUT2D eigenvalue weighted by atomic mass is 19.4. The number of benzene rings is 2. The van der Waals surface area contributed by atoms with Crippen molar-refractivity contribution < 1.29 is 30.7 Å². The van der Waals surface area contributed by atoms with Crippen LogP contribution in [0.5, 0.6) is 0 Å². The molecule has 0 spiro atoms. The Hall–Kier alpha value is -3.94. The standard InChI is InChI=1S/C23H13F7N4/c24-17-4-5-19(18(25)8-17)34-20(9-21(33-34)22(26,27)23(28,29)30)15-3-1-2-14(7-15)16-6-13(10-31)11-32-12-16/h1-8,11-12,20H,9H2. The fourth-order valence-corrected chi connectivity index (χ4v) is 3.60. The molecule has 11 heteroatoms. The van der Waals surface area contributed by atoms with Crippen LogP contribution in [0, 0.1) is 23.0 Å². The molecule has 0 N–H and O–H groups in total. The first-order valence-electron chi connectivity index (χ1n) is 9.73. The number of hydrazone groups is 1. The molecule has 0 amide bonds. The maximum atomic E-state index is 14.5. The molecule has 0 saturated carbocycles. The van der Waals surface area contributed by atoms with Gasteiger partial charge in [0.15, 0.2) is 5.82 Å². The number of nitrogens with zero attached hydrogens (tertiary/aromatic N) is 4. The van der Waals surface area contributed by atoms with Crippen molar-refractivity contribution in [2.24, 2.45) is 5.10 Å². The fraction of sp³-hybridized carbons (Fsp3) is 0.174. The van der Waals surface area contributed by atoms with Crippen LogP contribution >= 0.6 is 0 Å². The molecule has 1 atom stereocenters. The maximum Gasteiger partial charge on any atom is 0.459 e. The third-order valence-electron chi connectivity index (χ3n) is 5.26. The zero-order chi connectivity index (χ0) is 24.7. The molecule has 174 valence electrons. The van der Waals surface area contributed by atoms with Crippen LogP contribution in [0.2, 0.25) is 0 Å². The molecule has 0 bridgehead atoms. The van der Waals surface area contributed by atoms with Gasteiger partial charge < -0.3 is 0 Å². The Morgan fingerprint density at radius 2 is 1.71 bits per heavy atom. The molecule has 4 nitrogen and oxygen atoms in total. The van der Waals surface area contributed by atoms with Gasteiger partial charge in [-0.3, -0.25) is 9.99 Å². The molecular weight excluding hydrogens is 465 g/mol. The zero-order valence-electron chi connectivity index (χ0n) is 17.0. The summed E-state index contributed by atoms with van der Waals surface area (Å²) < 4.78 is 95.2. The van der Waals surface area contributed by atoms with Gasteiger partial charge in [0.2, 0.25) is 0 Å². The van der Waals surface area contributed by atoms with E-state index in [1.54, 1.807) is 6.07 Å². The monoisotopic (exact) mass is 478 g/mol. The van der Waals surface area contributed by atoms with Crippen molar-refractivity contribution in [3.8, 4) is 17.2 Å². The summed E-state index contributed by atoms with van der Waals surface area (Å²) in [5, 5.41) is 13.2. The lowest BCUT2D eigenvalue weighted by molar-refractivity contribution is -0.249. The van der Waals surface area contributed by atoms with Gasteiger partial charge in [0.1, 0.15) is 17.6 Å². The zero-order valence-corrected chi connectivity index (χ0v) is 17.0. The van der Waals surface area contributed by atoms with Crippen molar-refractivity contribution in [1.29, 1.82) is 5.26 Å². The average Bonchev–Trinajstić information content (AvgIpc) is 3.24. The minimum atomic E-state index is -5.90. The Balaban J connectivity index is 1.80. The maximum absolute atomic E-state index is 14.5. The second-order valence-electron chi connectivity index (χ2n) is 7.48. The summed E-state index contributed by atoms with van der Waals surface area (Å²) >= 11 is 0. The summed E-state index contributed by atoms with van der Waals surface area (Å²) in [6.45, 7) is 0. The molecule has 4 rings (SSSR count). The molecule has 0 aliphatic carbocycles. The molecular formula is C23H13F7N4. The molecule has 3 aromatic rings. The van der Waals surface area contributed by atoms with Crippen LogP contribution in [0.3, 0.4) is 0 Å². The van der Waals surface area contributed by atoms with Crippen LogP contribution < -0.4 is 5.01 Å². The second kappa shape index (κ2) is 8.44. The Bertz CT molecular complexity index is 1310. The number of alkyl halides is 5. The van der Waals surface area contributed by atoms with E-state index in [1.165, 1.54) is 36.7 Å². The first-order valence-corrected chi connectivity index (χ1v) is 9.73. The van der Waals surface area contributed by atoms with Gasteiger partial charge in [0, 0.05) is 30.4 Å². The molecule has 1 aliphatic heterocycles. The molecule has 0 saturated heterocycles. The van der Waals surface area contributed by atoms with Crippen LogP contribution in [-0.4, -0.2) is 22.8 Å². The van der Waals surface area contributed by atoms with Gasteiger partial charge >= 0.3 is 12.1 Å². The molecule has 1 aliphatic rings. The van der Waals surface area contributed by atoms with Crippen LogP contribution in [0.15, 0.2) is 66.0 Å². The van der Waals surface area contributed by atoms with Gasteiger partial charge in [-0.05, 0) is 35.4 Å². The van der Waals surface area contributed by atoms with E-state index in [1.807, 2.05) is 6.07 Å². The summed E-state index contributed by atoms with van der Waals surface area (Å²) in [5.41, 5.74) is -0.447. The van der Waals surface area contributed by atoms with Crippen LogP contribution in [0.4, 0.5) is 36.4 Å². The normalized spacial score (nSPS) is 16.4. The Labute approximate surface area is 188 Å². The van der Waals surface area contributed by atoms with E-state index in [4.69, 9.17) is 5.26 Å². The number of halogens is 7. The SMILES string of the molecule is N#Cc1cncc(-c2cccc(C3CC(C(F)(F)C(F)(F)F)=NN3c3ccc(F)cc3F)c2)c1. The van der Waals surface area contributed by atoms with Gasteiger partial charge in [-0.1, -0.05) is 18.2 Å². The lowest BCUT2D eigenvalue weighted by atomic mass is 9.95. The third-order valence-corrected chi connectivity index (χ3v) is 5.26. The predicted molar refractivity (Wildman–Crippen MR) is 109 cm³/mol. The van der Waals surface area contributed by atoms with Crippen molar-refractivity contribution in [3.63, 3.8) is 0 Å². The second-order valence-corrected chi connectivity index (χ2v) is 7.48. The summed E-state index contributed by atoms with van der Waals surface area (Å²) in [5.74, 6) is -7.37. The smallest absolute Gasteiger partial charge is 0.263 e. The molecule has 2 aromatic carbocycles. The van der Waals surface area contributed by atoms with Crippen molar-refractivity contribution in [3.05, 3.63) is 83.7 Å². The number of hydrogen-bond donors (Lipinski definition) is 0. The van der Waals surface area contributed by atoms with Gasteiger partial charge in [-0.2, -0.15) is 32.3 Å². The number of pyridine rings is 1. The van der Waals surface area contributed by atoms with E-state index < -0.39 is 47.6 Å². The molecule has 1 unspecified atom stereocenters. The van der Waals surface area contributed by atoms with E-state index in [0.717, 1.165) is 12.1 Å². The minimum absolute atomic E-state index is 0.250. The Morgan fingerprint density at radius 3 is 2.38 bits per heavy atom. The molecule has 34 heavy (non-hydrogen) atoms. The van der Waals surface area contributed by atoms with E-state index in [9.17, 15) is 30.7 Å². The van der Waals surface area contributed by atoms with E-state index in [0.29, 0.717) is 22.2 Å². The van der Waals surface area contributed by atoms with Gasteiger partial charge in [0.05, 0.1) is 17.3 Å². The van der Waals surface area contributed by atoms with E-state index >= 15 is 0 Å². The van der Waals surface area contributed by atoms with Crippen molar-refractivity contribution in [2.75, 3.05) is 5.01 Å². The van der Waals surface area contributed by atoms with Crippen molar-refractivity contribution in [1.82, 2.24) is 4.98 Å². The molecule has 1 aromatic heterocycles. The highest BCUT2D eigenvalue weighted by Crippen LogP contribution is 2.45. The molecule has 0 fully saturated rings. The Morgan fingerprint density at radius 1 is 0.941 bits per heavy atom. The summed E-state index contributed by atoms with van der Waals surface area (Å²) in [6, 6.07) is 10.6. The lowest BCUT2D eigenvalue weighted by Gasteiger charge is -2.25. The number of hydrogen-bond acceptors (Lipinski definition) is 4. The Kier molecular flexibility index (Phi) is 5.77. The lowest BCUT2D eigenvalue weighted by Crippen LogP contribution is -2.43. The highest BCUT2D eigenvalue weighted by molar-refractivity contribution is 5.95. The van der Waals surface area contributed by atoms with Crippen LogP contribution in [0.1, 0.15) is 23.6 Å². The highest BCUT2D eigenvalue weighted by Gasteiger charge is 2.63. The minimum Gasteiger partial charge on any atom is -0.263 e. The summed E-state index contributed by atoms with van der Waals surface area (Å²) in [7, 11) is 0. The topological polar surface area (TPSA) is 52.3 Å². The van der Waals surface area contributed by atoms with Gasteiger partial charge in [-0.15, -0.1) is 0 Å². The number of nitriles is 1. The van der Waals surface area contributed by atoms with Crippen molar-refractivity contribution >= 4 is 11.4 Å². The summed E-state index contributed by atoms with van der Waals surface area (Å²) in [4.78, 5) is 3.95. The average molecular weight is 478 g/mol. The van der Waals surface area contributed by atoms with E-state index in [2.05, 4.69) is 10.1 Å². The van der Waals surface area contributed by atoms with Crippen molar-refractivity contribution in [2.45, 2.75) is 24.6 Å². The van der Waals surface area contributed by atoms with Gasteiger partial charge in [0.25, 0.3) is 0 Å². The molecule has 2 heterocycles. The summed E-state index contributed by atoms with van der Waals surface area (Å²) in [6.07, 6.45) is -3.98. The fourth-order valence-electron chi connectivity index (χ4n) is 3.60. The van der Waals surface area contributed by atoms with Crippen LogP contribution in [0.25, 0.3) is 11.1 Å². The van der Waals surface area contributed by atoms with Crippen LogP contribution in [-0.2, 0) is 0 Å². The number of anilines is 1. The molecule has 0 radical (unpaired) electrons. The van der Waals surface area contributed by atoms with Gasteiger partial charge in [-0.25, -0.2) is 8.78 Å². The third kappa shape index (κ3) is 4.19.